The molecule has 43 heavy (non-hydrogen) atoms. The molecule has 0 fully saturated rings. The number of amides is 1. The van der Waals surface area contributed by atoms with Crippen LogP contribution in [0.5, 0.6) is 23.3 Å². The first-order valence-electron chi connectivity index (χ1n) is 13.6. The molecule has 1 aliphatic heterocycles. The summed E-state index contributed by atoms with van der Waals surface area (Å²) in [7, 11) is 2.98. The highest BCUT2D eigenvalue weighted by atomic mass is 32.1. The van der Waals surface area contributed by atoms with Gasteiger partial charge in [0, 0.05) is 31.9 Å². The summed E-state index contributed by atoms with van der Waals surface area (Å²) in [6.07, 6.45) is 0.270. The summed E-state index contributed by atoms with van der Waals surface area (Å²) >= 11 is 1.22. The molecule has 3 aromatic rings. The van der Waals surface area contributed by atoms with Crippen molar-refractivity contribution in [2.24, 2.45) is 11.8 Å². The van der Waals surface area contributed by atoms with E-state index in [1.165, 1.54) is 39.4 Å². The lowest BCUT2D eigenvalue weighted by Gasteiger charge is -2.16. The molecule has 0 bridgehead atoms. The number of pyridine rings is 2. The van der Waals surface area contributed by atoms with E-state index in [1.54, 1.807) is 23.1 Å². The number of carboxylic acids is 2. The van der Waals surface area contributed by atoms with E-state index in [0.717, 1.165) is 5.56 Å². The molecule has 0 saturated heterocycles. The fourth-order valence-electron chi connectivity index (χ4n) is 4.35. The highest BCUT2D eigenvalue weighted by molar-refractivity contribution is 7.20. The normalized spacial score (nSPS) is 13.7. The summed E-state index contributed by atoms with van der Waals surface area (Å²) in [5.41, 5.74) is 2.02. The number of hydrogen-bond donors (Lipinski definition) is 2. The van der Waals surface area contributed by atoms with Crippen molar-refractivity contribution in [3.63, 3.8) is 0 Å². The van der Waals surface area contributed by atoms with E-state index in [1.807, 2.05) is 0 Å². The number of hydrogen-bond acceptors (Lipinski definition) is 11. The Morgan fingerprint density at radius 1 is 0.884 bits per heavy atom. The topological polar surface area (TPSA) is 175 Å². The number of nitrogens with zero attached hydrogens (tertiary/aromatic N) is 3. The molecular weight excluding hydrogens is 582 g/mol. The number of fused-ring (bicyclic) bond motifs is 2. The lowest BCUT2D eigenvalue weighted by atomic mass is 10.0. The van der Waals surface area contributed by atoms with E-state index in [4.69, 9.17) is 29.2 Å². The predicted octanol–water partition coefficient (Wildman–Crippen LogP) is 3.80. The van der Waals surface area contributed by atoms with Crippen LogP contribution < -0.4 is 18.9 Å². The zero-order valence-corrected chi connectivity index (χ0v) is 25.1. The standard InChI is InChI=1S/C29H33N3O10S/c1-15(28(35)36)8-20(33)24-11-18-23(43-24)12-22(40-4)27(30-18)42-7-5-6-41-26-21(39-3)10-17-13-32(14-19(17)31-26)25(34)9-16(2)29(37)38/h10-12,15-16H,5-9,13-14H2,1-4H3,(H,35,36)(H,37,38)/t15-,16-/m0/s1. The van der Waals surface area contributed by atoms with Gasteiger partial charge in [-0.05, 0) is 17.7 Å². The van der Waals surface area contributed by atoms with Crippen LogP contribution in [0.2, 0.25) is 0 Å². The maximum atomic E-state index is 12.5. The number of ether oxygens (including phenoxy) is 4. The van der Waals surface area contributed by atoms with Crippen molar-refractivity contribution in [3.05, 3.63) is 34.3 Å². The van der Waals surface area contributed by atoms with Gasteiger partial charge in [0.25, 0.3) is 11.8 Å². The number of methoxy groups -OCH3 is 2. The largest absolute Gasteiger partial charge is 0.491 e. The van der Waals surface area contributed by atoms with E-state index in [9.17, 15) is 19.2 Å². The molecule has 0 radical (unpaired) electrons. The summed E-state index contributed by atoms with van der Waals surface area (Å²) < 4.78 is 23.3. The van der Waals surface area contributed by atoms with Crippen LogP contribution in [0.15, 0.2) is 18.2 Å². The van der Waals surface area contributed by atoms with Crippen molar-refractivity contribution in [2.75, 3.05) is 27.4 Å². The Morgan fingerprint density at radius 3 is 2.12 bits per heavy atom. The van der Waals surface area contributed by atoms with Gasteiger partial charge in [-0.2, -0.15) is 0 Å². The molecule has 2 atom stereocenters. The Hall–Kier alpha value is -4.46. The highest BCUT2D eigenvalue weighted by Gasteiger charge is 2.29. The summed E-state index contributed by atoms with van der Waals surface area (Å²) in [4.78, 5) is 58.3. The first-order valence-corrected chi connectivity index (χ1v) is 14.4. The Kier molecular flexibility index (Phi) is 10.0. The summed E-state index contributed by atoms with van der Waals surface area (Å²) in [6.45, 7) is 4.04. The van der Waals surface area contributed by atoms with Gasteiger partial charge in [-0.3, -0.25) is 19.2 Å². The van der Waals surface area contributed by atoms with E-state index < -0.39 is 23.8 Å². The second-order valence-corrected chi connectivity index (χ2v) is 11.3. The van der Waals surface area contributed by atoms with Gasteiger partial charge >= 0.3 is 11.9 Å². The van der Waals surface area contributed by atoms with Gasteiger partial charge in [-0.15, -0.1) is 11.3 Å². The van der Waals surface area contributed by atoms with Crippen molar-refractivity contribution in [2.45, 2.75) is 46.2 Å². The second kappa shape index (κ2) is 13.7. The van der Waals surface area contributed by atoms with Crippen molar-refractivity contribution in [1.82, 2.24) is 14.9 Å². The molecule has 2 N–H and O–H groups in total. The number of ketones is 1. The summed E-state index contributed by atoms with van der Waals surface area (Å²) in [5, 5.41) is 18.2. The molecule has 3 aromatic heterocycles. The molecular formula is C29H33N3O10S. The van der Waals surface area contributed by atoms with Gasteiger partial charge in [-0.25, -0.2) is 9.97 Å². The van der Waals surface area contributed by atoms with Crippen LogP contribution in [0, 0.1) is 11.8 Å². The summed E-state index contributed by atoms with van der Waals surface area (Å²) in [5.74, 6) is -2.78. The fraction of sp³-hybridized carbons (Fsp3) is 0.448. The van der Waals surface area contributed by atoms with E-state index in [0.29, 0.717) is 45.3 Å². The monoisotopic (exact) mass is 615 g/mol. The van der Waals surface area contributed by atoms with Gasteiger partial charge in [0.1, 0.15) is 0 Å². The molecule has 13 nitrogen and oxygen atoms in total. The number of carboxylic acid groups (broad SMARTS) is 2. The molecule has 0 spiro atoms. The molecule has 230 valence electrons. The van der Waals surface area contributed by atoms with E-state index >= 15 is 0 Å². The molecule has 4 heterocycles. The van der Waals surface area contributed by atoms with Gasteiger partial charge in [0.2, 0.25) is 5.91 Å². The zero-order chi connectivity index (χ0) is 31.3. The van der Waals surface area contributed by atoms with Crippen LogP contribution >= 0.6 is 11.3 Å². The Labute approximate surface area is 251 Å². The third-order valence-electron chi connectivity index (χ3n) is 6.91. The van der Waals surface area contributed by atoms with Crippen LogP contribution in [-0.2, 0) is 27.5 Å². The first kappa shape index (κ1) is 31.5. The van der Waals surface area contributed by atoms with Crippen LogP contribution in [0.4, 0.5) is 0 Å². The molecule has 1 amide bonds. The minimum absolute atomic E-state index is 0.0891. The molecule has 1 aliphatic rings. The maximum Gasteiger partial charge on any atom is 0.306 e. The predicted molar refractivity (Wildman–Crippen MR) is 154 cm³/mol. The lowest BCUT2D eigenvalue weighted by Crippen LogP contribution is -2.28. The summed E-state index contributed by atoms with van der Waals surface area (Å²) in [6, 6.07) is 5.12. The minimum Gasteiger partial charge on any atom is -0.491 e. The average molecular weight is 616 g/mol. The average Bonchev–Trinajstić information content (AvgIpc) is 3.59. The van der Waals surface area contributed by atoms with Crippen LogP contribution in [-0.4, -0.2) is 76.1 Å². The van der Waals surface area contributed by atoms with E-state index in [2.05, 4.69) is 9.97 Å². The minimum atomic E-state index is -1.03. The second-order valence-electron chi connectivity index (χ2n) is 10.2. The Bertz CT molecular complexity index is 1540. The molecule has 14 heteroatoms. The number of Topliss-reactive ketones (excluding diaryl/α,β-unsaturated/α-hetero) is 1. The van der Waals surface area contributed by atoms with Crippen molar-refractivity contribution in [1.29, 1.82) is 0 Å². The first-order chi connectivity index (χ1) is 20.5. The SMILES string of the molecule is COc1cc2c(nc1OCCCOc1nc3cc(C(=O)C[C@H](C)C(=O)O)sc3cc1OC)CN(C(=O)C[C@H](C)C(=O)O)C2. The number of aromatic nitrogens is 2. The van der Waals surface area contributed by atoms with Gasteiger partial charge < -0.3 is 34.1 Å². The zero-order valence-electron chi connectivity index (χ0n) is 24.2. The maximum absolute atomic E-state index is 12.5. The quantitative estimate of drug-likeness (QED) is 0.187. The number of aliphatic carboxylic acids is 2. The van der Waals surface area contributed by atoms with Gasteiger partial charge in [-0.1, -0.05) is 13.8 Å². The molecule has 0 aromatic carbocycles. The number of carbonyl (C=O) groups is 4. The van der Waals surface area contributed by atoms with Gasteiger partial charge in [0.05, 0.1) is 66.6 Å². The molecule has 0 saturated carbocycles. The fourth-order valence-corrected chi connectivity index (χ4v) is 5.33. The number of carbonyl (C=O) groups excluding carboxylic acids is 2. The van der Waals surface area contributed by atoms with Gasteiger partial charge in [0.15, 0.2) is 17.3 Å². The van der Waals surface area contributed by atoms with Crippen LogP contribution in [0.1, 0.15) is 54.0 Å². The highest BCUT2D eigenvalue weighted by Crippen LogP contribution is 2.35. The smallest absolute Gasteiger partial charge is 0.306 e. The molecule has 0 aliphatic carbocycles. The lowest BCUT2D eigenvalue weighted by molar-refractivity contribution is -0.145. The Balaban J connectivity index is 1.34. The third-order valence-corrected chi connectivity index (χ3v) is 8.02. The van der Waals surface area contributed by atoms with Crippen molar-refractivity contribution >= 4 is 45.2 Å². The van der Waals surface area contributed by atoms with Crippen LogP contribution in [0.25, 0.3) is 10.2 Å². The number of rotatable bonds is 15. The molecule has 0 unspecified atom stereocenters. The van der Waals surface area contributed by atoms with E-state index in [-0.39, 0.29) is 56.1 Å². The van der Waals surface area contributed by atoms with Crippen LogP contribution in [0.3, 0.4) is 0 Å². The Morgan fingerprint density at radius 2 is 1.49 bits per heavy atom. The van der Waals surface area contributed by atoms with Crippen molar-refractivity contribution < 1.29 is 48.3 Å². The molecule has 4 rings (SSSR count). The van der Waals surface area contributed by atoms with Crippen molar-refractivity contribution in [3.8, 4) is 23.3 Å². The number of thiophene rings is 1. The third kappa shape index (κ3) is 7.49.